The van der Waals surface area contributed by atoms with Crippen LogP contribution in [0.25, 0.3) is 0 Å². The van der Waals surface area contributed by atoms with Crippen molar-refractivity contribution < 1.29 is 9.90 Å². The Balaban J connectivity index is 1.73. The fourth-order valence-electron chi connectivity index (χ4n) is 3.69. The van der Waals surface area contributed by atoms with Gasteiger partial charge in [-0.1, -0.05) is 13.8 Å². The standard InChI is InChI=1S/C16H24N4O2/c1-12(2)4-7-19-8-13-9-20(15-17-5-3-6-18-15)11-16(13,10-19)14(21)22/h3,5-6,12-13H,4,7-11H2,1-2H3,(H,21,22)/t13-,16-/m1/s1. The molecule has 0 radical (unpaired) electrons. The van der Waals surface area contributed by atoms with Crippen LogP contribution in [0.5, 0.6) is 0 Å². The van der Waals surface area contributed by atoms with Gasteiger partial charge in [0.1, 0.15) is 5.41 Å². The molecule has 2 aliphatic heterocycles. The summed E-state index contributed by atoms with van der Waals surface area (Å²) >= 11 is 0. The van der Waals surface area contributed by atoms with Crippen molar-refractivity contribution in [2.75, 3.05) is 37.6 Å². The van der Waals surface area contributed by atoms with Crippen molar-refractivity contribution >= 4 is 11.9 Å². The van der Waals surface area contributed by atoms with Gasteiger partial charge in [-0.2, -0.15) is 0 Å². The van der Waals surface area contributed by atoms with E-state index in [1.807, 2.05) is 4.90 Å². The van der Waals surface area contributed by atoms with Crippen LogP contribution in [0, 0.1) is 17.3 Å². The van der Waals surface area contributed by atoms with Gasteiger partial charge < -0.3 is 14.9 Å². The molecule has 0 spiro atoms. The number of fused-ring (bicyclic) bond motifs is 1. The summed E-state index contributed by atoms with van der Waals surface area (Å²) in [5, 5.41) is 9.84. The van der Waals surface area contributed by atoms with Crippen LogP contribution in [0.1, 0.15) is 20.3 Å². The monoisotopic (exact) mass is 304 g/mol. The molecule has 2 fully saturated rings. The second-order valence-corrected chi connectivity index (χ2v) is 7.01. The molecule has 1 aromatic rings. The zero-order valence-corrected chi connectivity index (χ0v) is 13.3. The number of hydrogen-bond acceptors (Lipinski definition) is 5. The first-order chi connectivity index (χ1) is 10.5. The molecule has 0 bridgehead atoms. The van der Waals surface area contributed by atoms with E-state index < -0.39 is 11.4 Å². The topological polar surface area (TPSA) is 69.6 Å². The number of carboxylic acid groups (broad SMARTS) is 1. The van der Waals surface area contributed by atoms with Gasteiger partial charge in [-0.05, 0) is 24.9 Å². The molecule has 0 unspecified atom stereocenters. The molecule has 0 saturated carbocycles. The summed E-state index contributed by atoms with van der Waals surface area (Å²) in [4.78, 5) is 24.8. The summed E-state index contributed by atoms with van der Waals surface area (Å²) in [6.07, 6.45) is 4.53. The maximum absolute atomic E-state index is 12.0. The molecule has 120 valence electrons. The fourth-order valence-corrected chi connectivity index (χ4v) is 3.69. The minimum absolute atomic E-state index is 0.154. The molecule has 22 heavy (non-hydrogen) atoms. The maximum atomic E-state index is 12.0. The largest absolute Gasteiger partial charge is 0.481 e. The molecular weight excluding hydrogens is 280 g/mol. The SMILES string of the molecule is CC(C)CCN1C[C@@H]2CN(c3ncccn3)C[C@]2(C(=O)O)C1. The third-order valence-electron chi connectivity index (χ3n) is 4.96. The van der Waals surface area contributed by atoms with Crippen molar-refractivity contribution in [1.82, 2.24) is 14.9 Å². The molecule has 0 amide bonds. The van der Waals surface area contributed by atoms with Gasteiger partial charge in [0.2, 0.25) is 5.95 Å². The van der Waals surface area contributed by atoms with Gasteiger partial charge in [0.15, 0.2) is 0 Å². The number of carboxylic acids is 1. The maximum Gasteiger partial charge on any atom is 0.313 e. The Morgan fingerprint density at radius 2 is 2.09 bits per heavy atom. The minimum Gasteiger partial charge on any atom is -0.481 e. The Kier molecular flexibility index (Phi) is 4.04. The highest BCUT2D eigenvalue weighted by Crippen LogP contribution is 2.43. The normalized spacial score (nSPS) is 28.3. The van der Waals surface area contributed by atoms with Crippen molar-refractivity contribution in [2.24, 2.45) is 17.3 Å². The highest BCUT2D eigenvalue weighted by molar-refractivity contribution is 5.78. The summed E-state index contributed by atoms with van der Waals surface area (Å²) in [6, 6.07) is 1.78. The molecule has 6 heteroatoms. The number of anilines is 1. The predicted octanol–water partition coefficient (Wildman–Crippen LogP) is 1.35. The molecular formula is C16H24N4O2. The fraction of sp³-hybridized carbons (Fsp3) is 0.688. The summed E-state index contributed by atoms with van der Waals surface area (Å²) < 4.78 is 0. The second-order valence-electron chi connectivity index (χ2n) is 7.01. The van der Waals surface area contributed by atoms with E-state index in [2.05, 4.69) is 28.7 Å². The highest BCUT2D eigenvalue weighted by Gasteiger charge is 2.57. The van der Waals surface area contributed by atoms with Crippen LogP contribution in [0.3, 0.4) is 0 Å². The number of nitrogens with zero attached hydrogens (tertiary/aromatic N) is 4. The molecule has 1 N–H and O–H groups in total. The average Bonchev–Trinajstić information content (AvgIpc) is 3.01. The van der Waals surface area contributed by atoms with E-state index in [0.29, 0.717) is 25.0 Å². The van der Waals surface area contributed by atoms with Crippen molar-refractivity contribution in [1.29, 1.82) is 0 Å². The second kappa shape index (κ2) is 5.83. The number of carbonyl (C=O) groups is 1. The molecule has 2 atom stereocenters. The van der Waals surface area contributed by atoms with Gasteiger partial charge in [-0.25, -0.2) is 9.97 Å². The Hall–Kier alpha value is -1.69. The van der Waals surface area contributed by atoms with E-state index in [1.165, 1.54) is 0 Å². The van der Waals surface area contributed by atoms with Crippen molar-refractivity contribution in [3.63, 3.8) is 0 Å². The van der Waals surface area contributed by atoms with Crippen LogP contribution >= 0.6 is 0 Å². The first-order valence-electron chi connectivity index (χ1n) is 7.99. The zero-order valence-electron chi connectivity index (χ0n) is 13.3. The van der Waals surface area contributed by atoms with Crippen LogP contribution < -0.4 is 4.90 Å². The van der Waals surface area contributed by atoms with Crippen LogP contribution in [-0.2, 0) is 4.79 Å². The number of rotatable bonds is 5. The molecule has 2 saturated heterocycles. The van der Waals surface area contributed by atoms with E-state index in [0.717, 1.165) is 26.1 Å². The van der Waals surface area contributed by atoms with E-state index >= 15 is 0 Å². The highest BCUT2D eigenvalue weighted by atomic mass is 16.4. The average molecular weight is 304 g/mol. The zero-order chi connectivity index (χ0) is 15.7. The van der Waals surface area contributed by atoms with Crippen LogP contribution in [-0.4, -0.2) is 58.7 Å². The van der Waals surface area contributed by atoms with Crippen molar-refractivity contribution in [3.8, 4) is 0 Å². The summed E-state index contributed by atoms with van der Waals surface area (Å²) in [5.41, 5.74) is -0.670. The Bertz CT molecular complexity index is 536. The van der Waals surface area contributed by atoms with Gasteiger partial charge in [-0.15, -0.1) is 0 Å². The van der Waals surface area contributed by atoms with Gasteiger partial charge in [0.25, 0.3) is 0 Å². The molecule has 2 aliphatic rings. The van der Waals surface area contributed by atoms with Gasteiger partial charge in [-0.3, -0.25) is 4.79 Å². The molecule has 0 aromatic carbocycles. The van der Waals surface area contributed by atoms with Crippen LogP contribution in [0.2, 0.25) is 0 Å². The molecule has 3 heterocycles. The molecule has 1 aromatic heterocycles. The third-order valence-corrected chi connectivity index (χ3v) is 4.96. The number of aliphatic carboxylic acids is 1. The number of aromatic nitrogens is 2. The molecule has 6 nitrogen and oxygen atoms in total. The smallest absolute Gasteiger partial charge is 0.313 e. The summed E-state index contributed by atoms with van der Waals surface area (Å²) in [5.74, 6) is 0.769. The number of hydrogen-bond donors (Lipinski definition) is 1. The predicted molar refractivity (Wildman–Crippen MR) is 83.7 cm³/mol. The first kappa shape index (κ1) is 15.2. The lowest BCUT2D eigenvalue weighted by Gasteiger charge is -2.25. The van der Waals surface area contributed by atoms with E-state index in [9.17, 15) is 9.90 Å². The van der Waals surface area contributed by atoms with E-state index in [4.69, 9.17) is 0 Å². The lowest BCUT2D eigenvalue weighted by atomic mass is 9.81. The Morgan fingerprint density at radius 3 is 2.68 bits per heavy atom. The third kappa shape index (κ3) is 2.67. The van der Waals surface area contributed by atoms with Gasteiger partial charge in [0, 0.05) is 44.5 Å². The van der Waals surface area contributed by atoms with Crippen LogP contribution in [0.15, 0.2) is 18.5 Å². The number of likely N-dealkylation sites (tertiary alicyclic amines) is 1. The van der Waals surface area contributed by atoms with Gasteiger partial charge in [0.05, 0.1) is 0 Å². The lowest BCUT2D eigenvalue weighted by molar-refractivity contribution is -0.148. The first-order valence-corrected chi connectivity index (χ1v) is 7.99. The van der Waals surface area contributed by atoms with Crippen molar-refractivity contribution in [2.45, 2.75) is 20.3 Å². The van der Waals surface area contributed by atoms with E-state index in [-0.39, 0.29) is 5.92 Å². The van der Waals surface area contributed by atoms with E-state index in [1.54, 1.807) is 18.5 Å². The molecule has 3 rings (SSSR count). The quantitative estimate of drug-likeness (QED) is 0.885. The van der Waals surface area contributed by atoms with Crippen LogP contribution in [0.4, 0.5) is 5.95 Å². The minimum atomic E-state index is -0.678. The molecule has 0 aliphatic carbocycles. The Labute approximate surface area is 131 Å². The lowest BCUT2D eigenvalue weighted by Crippen LogP contribution is -2.41. The summed E-state index contributed by atoms with van der Waals surface area (Å²) in [7, 11) is 0. The Morgan fingerprint density at radius 1 is 1.36 bits per heavy atom. The summed E-state index contributed by atoms with van der Waals surface area (Å²) in [6.45, 7) is 8.15. The van der Waals surface area contributed by atoms with Gasteiger partial charge >= 0.3 is 5.97 Å². The van der Waals surface area contributed by atoms with Crippen molar-refractivity contribution in [3.05, 3.63) is 18.5 Å².